The molecule has 0 radical (unpaired) electrons. The lowest BCUT2D eigenvalue weighted by molar-refractivity contribution is -0.125. The Labute approximate surface area is 142 Å². The van der Waals surface area contributed by atoms with E-state index in [9.17, 15) is 13.2 Å². The van der Waals surface area contributed by atoms with Crippen LogP contribution in [0.15, 0.2) is 16.3 Å². The van der Waals surface area contributed by atoms with Gasteiger partial charge in [-0.2, -0.15) is 4.31 Å². The summed E-state index contributed by atoms with van der Waals surface area (Å²) in [6.45, 7) is 2.32. The Morgan fingerprint density at radius 1 is 1.17 bits per heavy atom. The summed E-state index contributed by atoms with van der Waals surface area (Å²) in [5, 5.41) is 3.08. The summed E-state index contributed by atoms with van der Waals surface area (Å²) in [5.41, 5.74) is 0. The van der Waals surface area contributed by atoms with Crippen molar-refractivity contribution in [2.24, 2.45) is 0 Å². The molecule has 23 heavy (non-hydrogen) atoms. The van der Waals surface area contributed by atoms with Crippen LogP contribution in [0.4, 0.5) is 0 Å². The van der Waals surface area contributed by atoms with E-state index >= 15 is 0 Å². The van der Waals surface area contributed by atoms with Crippen molar-refractivity contribution in [2.45, 2.75) is 68.2 Å². The fraction of sp³-hybridized carbons (Fsp3) is 0.688. The molecule has 0 unspecified atom stereocenters. The Bertz CT molecular complexity index is 663. The molecule has 2 fully saturated rings. The van der Waals surface area contributed by atoms with Crippen molar-refractivity contribution < 1.29 is 13.2 Å². The monoisotopic (exact) mass is 356 g/mol. The molecule has 1 aromatic heterocycles. The smallest absolute Gasteiger partial charge is 0.253 e. The van der Waals surface area contributed by atoms with E-state index in [1.165, 1.54) is 22.1 Å². The molecule has 1 saturated carbocycles. The summed E-state index contributed by atoms with van der Waals surface area (Å²) >= 11 is 1.27. The molecule has 1 atom stereocenters. The van der Waals surface area contributed by atoms with Gasteiger partial charge in [-0.15, -0.1) is 11.3 Å². The van der Waals surface area contributed by atoms with Gasteiger partial charge < -0.3 is 5.32 Å². The third-order valence-electron chi connectivity index (χ3n) is 4.74. The molecule has 1 aliphatic carbocycles. The molecule has 5 nitrogen and oxygen atoms in total. The van der Waals surface area contributed by atoms with Crippen LogP contribution in [0.5, 0.6) is 0 Å². The Morgan fingerprint density at radius 2 is 1.91 bits per heavy atom. The van der Waals surface area contributed by atoms with Crippen molar-refractivity contribution in [1.82, 2.24) is 9.62 Å². The number of hydrogen-bond donors (Lipinski definition) is 1. The molecule has 128 valence electrons. The van der Waals surface area contributed by atoms with Gasteiger partial charge in [-0.1, -0.05) is 19.3 Å². The molecule has 1 saturated heterocycles. The topological polar surface area (TPSA) is 66.5 Å². The fourth-order valence-electron chi connectivity index (χ4n) is 3.50. The first-order chi connectivity index (χ1) is 11.0. The highest BCUT2D eigenvalue weighted by molar-refractivity contribution is 7.91. The highest BCUT2D eigenvalue weighted by Crippen LogP contribution is 2.30. The Morgan fingerprint density at radius 3 is 2.57 bits per heavy atom. The molecule has 2 heterocycles. The quantitative estimate of drug-likeness (QED) is 0.902. The zero-order valence-electron chi connectivity index (χ0n) is 13.5. The molecule has 7 heteroatoms. The second kappa shape index (κ2) is 6.91. The van der Waals surface area contributed by atoms with E-state index in [0.717, 1.165) is 37.0 Å². The van der Waals surface area contributed by atoms with Crippen LogP contribution in [0, 0.1) is 6.92 Å². The average molecular weight is 357 g/mol. The van der Waals surface area contributed by atoms with Gasteiger partial charge in [-0.05, 0) is 44.7 Å². The van der Waals surface area contributed by atoms with Gasteiger partial charge in [0.1, 0.15) is 10.3 Å². The Balaban J connectivity index is 1.73. The minimum absolute atomic E-state index is 0.119. The molecule has 1 aliphatic heterocycles. The number of carbonyl (C=O) groups is 1. The summed E-state index contributed by atoms with van der Waals surface area (Å²) in [4.78, 5) is 13.6. The van der Waals surface area contributed by atoms with Crippen LogP contribution in [0.2, 0.25) is 0 Å². The van der Waals surface area contributed by atoms with E-state index in [0.29, 0.717) is 17.2 Å². The number of thiophene rings is 1. The van der Waals surface area contributed by atoms with Crippen molar-refractivity contribution in [3.05, 3.63) is 17.0 Å². The number of hydrogen-bond acceptors (Lipinski definition) is 4. The highest BCUT2D eigenvalue weighted by atomic mass is 32.2. The van der Waals surface area contributed by atoms with Crippen LogP contribution >= 0.6 is 11.3 Å². The Kier molecular flexibility index (Phi) is 5.08. The number of aryl methyl sites for hydroxylation is 1. The van der Waals surface area contributed by atoms with Crippen LogP contribution in [0.1, 0.15) is 49.8 Å². The van der Waals surface area contributed by atoms with Gasteiger partial charge in [0.05, 0.1) is 0 Å². The van der Waals surface area contributed by atoms with Gasteiger partial charge in [0.25, 0.3) is 10.0 Å². The average Bonchev–Trinajstić information content (AvgIpc) is 3.17. The summed E-state index contributed by atoms with van der Waals surface area (Å²) in [5.74, 6) is -0.119. The van der Waals surface area contributed by atoms with E-state index in [1.54, 1.807) is 6.07 Å². The minimum atomic E-state index is -3.56. The van der Waals surface area contributed by atoms with Gasteiger partial charge in [0.15, 0.2) is 0 Å². The summed E-state index contributed by atoms with van der Waals surface area (Å²) < 4.78 is 27.4. The first-order valence-corrected chi connectivity index (χ1v) is 10.6. The van der Waals surface area contributed by atoms with Gasteiger partial charge in [0.2, 0.25) is 5.91 Å². The van der Waals surface area contributed by atoms with E-state index in [1.807, 2.05) is 13.0 Å². The molecular weight excluding hydrogens is 332 g/mol. The molecule has 3 rings (SSSR count). The van der Waals surface area contributed by atoms with Crippen LogP contribution in [0.3, 0.4) is 0 Å². The van der Waals surface area contributed by atoms with Gasteiger partial charge in [0, 0.05) is 17.5 Å². The predicted octanol–water partition coefficient (Wildman–Crippen LogP) is 2.66. The van der Waals surface area contributed by atoms with Gasteiger partial charge in [-0.3, -0.25) is 4.79 Å². The van der Waals surface area contributed by atoms with Crippen molar-refractivity contribution >= 4 is 27.3 Å². The number of sulfonamides is 1. The van der Waals surface area contributed by atoms with Crippen LogP contribution < -0.4 is 5.32 Å². The van der Waals surface area contributed by atoms with E-state index < -0.39 is 16.1 Å². The number of nitrogens with zero attached hydrogens (tertiary/aromatic N) is 1. The lowest BCUT2D eigenvalue weighted by Gasteiger charge is -2.27. The van der Waals surface area contributed by atoms with E-state index in [2.05, 4.69) is 5.32 Å². The standard InChI is InChI=1S/C16H24N2O3S2/c1-12-9-10-15(22-12)23(20,21)18-11-5-8-14(18)16(19)17-13-6-3-2-4-7-13/h9-10,13-14H,2-8,11H2,1H3,(H,17,19)/t14-/m1/s1. The molecule has 0 bridgehead atoms. The third kappa shape index (κ3) is 3.61. The second-order valence-corrected chi connectivity index (χ2v) is 9.89. The largest absolute Gasteiger partial charge is 0.352 e. The zero-order valence-corrected chi connectivity index (χ0v) is 15.1. The number of carbonyl (C=O) groups excluding carboxylic acids is 1. The van der Waals surface area contributed by atoms with Crippen LogP contribution in [-0.2, 0) is 14.8 Å². The van der Waals surface area contributed by atoms with E-state index in [4.69, 9.17) is 0 Å². The van der Waals surface area contributed by atoms with E-state index in [-0.39, 0.29) is 11.9 Å². The van der Waals surface area contributed by atoms with Crippen LogP contribution in [0.25, 0.3) is 0 Å². The molecule has 1 amide bonds. The highest BCUT2D eigenvalue weighted by Gasteiger charge is 2.40. The minimum Gasteiger partial charge on any atom is -0.352 e. The second-order valence-electron chi connectivity index (χ2n) is 6.48. The fourth-order valence-corrected chi connectivity index (χ4v) is 6.57. The maximum absolute atomic E-state index is 12.8. The molecule has 1 aromatic rings. The number of rotatable bonds is 4. The normalized spacial score (nSPS) is 24.0. The summed E-state index contributed by atoms with van der Waals surface area (Å²) in [6, 6.07) is 3.11. The van der Waals surface area contributed by atoms with Crippen molar-refractivity contribution in [2.75, 3.05) is 6.54 Å². The molecule has 1 N–H and O–H groups in total. The van der Waals surface area contributed by atoms with Crippen molar-refractivity contribution in [3.8, 4) is 0 Å². The summed E-state index contributed by atoms with van der Waals surface area (Å²) in [6.07, 6.45) is 6.89. The van der Waals surface area contributed by atoms with Crippen molar-refractivity contribution in [1.29, 1.82) is 0 Å². The first kappa shape index (κ1) is 16.9. The predicted molar refractivity (Wildman–Crippen MR) is 91.0 cm³/mol. The zero-order chi connectivity index (χ0) is 16.4. The lowest BCUT2D eigenvalue weighted by Crippen LogP contribution is -2.49. The molecule has 0 aromatic carbocycles. The number of amides is 1. The maximum atomic E-state index is 12.8. The first-order valence-electron chi connectivity index (χ1n) is 8.37. The van der Waals surface area contributed by atoms with Crippen LogP contribution in [-0.4, -0.2) is 37.3 Å². The number of nitrogens with one attached hydrogen (secondary N) is 1. The lowest BCUT2D eigenvalue weighted by atomic mass is 9.95. The molecule has 2 aliphatic rings. The summed E-state index contributed by atoms with van der Waals surface area (Å²) in [7, 11) is -3.56. The molecule has 0 spiro atoms. The third-order valence-corrected chi connectivity index (χ3v) is 8.11. The Hall–Kier alpha value is -0.920. The van der Waals surface area contributed by atoms with Gasteiger partial charge >= 0.3 is 0 Å². The molecular formula is C16H24N2O3S2. The SMILES string of the molecule is Cc1ccc(S(=O)(=O)N2CCC[C@@H]2C(=O)NC2CCCCC2)s1. The maximum Gasteiger partial charge on any atom is 0.253 e. The van der Waals surface area contributed by atoms with Gasteiger partial charge in [-0.25, -0.2) is 8.42 Å². The van der Waals surface area contributed by atoms with Crippen molar-refractivity contribution in [3.63, 3.8) is 0 Å².